The van der Waals surface area contributed by atoms with E-state index in [4.69, 9.17) is 31.5 Å². The van der Waals surface area contributed by atoms with Crippen molar-refractivity contribution in [2.45, 2.75) is 56.8 Å². The lowest BCUT2D eigenvalue weighted by Crippen LogP contribution is -2.52. The van der Waals surface area contributed by atoms with E-state index in [0.717, 1.165) is 42.9 Å². The van der Waals surface area contributed by atoms with Crippen LogP contribution in [0.15, 0.2) is 24.4 Å². The van der Waals surface area contributed by atoms with Gasteiger partial charge in [-0.2, -0.15) is 0 Å². The minimum Gasteiger partial charge on any atom is -0.489 e. The van der Waals surface area contributed by atoms with E-state index in [1.807, 2.05) is 18.2 Å². The van der Waals surface area contributed by atoms with E-state index in [2.05, 4.69) is 11.9 Å². The van der Waals surface area contributed by atoms with Gasteiger partial charge in [0.2, 0.25) is 5.88 Å². The van der Waals surface area contributed by atoms with Crippen molar-refractivity contribution in [2.24, 2.45) is 5.73 Å². The number of fused-ring (bicyclic) bond motifs is 1. The third-order valence-corrected chi connectivity index (χ3v) is 5.86. The van der Waals surface area contributed by atoms with Gasteiger partial charge < -0.3 is 19.9 Å². The lowest BCUT2D eigenvalue weighted by Gasteiger charge is -2.42. The van der Waals surface area contributed by atoms with Gasteiger partial charge in [-0.15, -0.1) is 0 Å². The first-order valence-corrected chi connectivity index (χ1v) is 9.50. The number of methoxy groups -OCH3 is 2. The molecule has 1 saturated carbocycles. The standard InChI is InChI=1S/C20H27ClN2O3/c1-4-18(22)20(25-3)8-5-14(6-9-20)26-17-11-13-7-10-23-19(24-2)15(13)12-16(17)21/h7,10-12,14,18H,4-6,8-9,22H2,1-3H3/t14-,18?,20+. The molecule has 3 rings (SSSR count). The van der Waals surface area contributed by atoms with Gasteiger partial charge >= 0.3 is 0 Å². The highest BCUT2D eigenvalue weighted by Crippen LogP contribution is 2.39. The number of hydrogen-bond donors (Lipinski definition) is 1. The van der Waals surface area contributed by atoms with E-state index in [1.165, 1.54) is 0 Å². The summed E-state index contributed by atoms with van der Waals surface area (Å²) >= 11 is 6.45. The Kier molecular flexibility index (Phi) is 5.90. The van der Waals surface area contributed by atoms with Crippen LogP contribution in [0.3, 0.4) is 0 Å². The summed E-state index contributed by atoms with van der Waals surface area (Å²) in [4.78, 5) is 4.21. The van der Waals surface area contributed by atoms with Crippen LogP contribution in [0.25, 0.3) is 10.8 Å². The highest BCUT2D eigenvalue weighted by atomic mass is 35.5. The quantitative estimate of drug-likeness (QED) is 0.809. The summed E-state index contributed by atoms with van der Waals surface area (Å²) in [7, 11) is 3.36. The van der Waals surface area contributed by atoms with E-state index < -0.39 is 0 Å². The van der Waals surface area contributed by atoms with Gasteiger partial charge in [0, 0.05) is 24.7 Å². The van der Waals surface area contributed by atoms with Crippen LogP contribution in [0.4, 0.5) is 0 Å². The van der Waals surface area contributed by atoms with E-state index in [9.17, 15) is 0 Å². The smallest absolute Gasteiger partial charge is 0.221 e. The molecule has 6 heteroatoms. The third-order valence-electron chi connectivity index (χ3n) is 5.57. The fraction of sp³-hybridized carbons (Fsp3) is 0.550. The number of benzene rings is 1. The Bertz CT molecular complexity index is 760. The Balaban J connectivity index is 1.75. The maximum absolute atomic E-state index is 6.45. The lowest BCUT2D eigenvalue weighted by atomic mass is 9.77. The van der Waals surface area contributed by atoms with Crippen molar-refractivity contribution in [1.29, 1.82) is 0 Å². The molecule has 0 radical (unpaired) electrons. The number of nitrogens with zero attached hydrogens (tertiary/aromatic N) is 1. The zero-order valence-corrected chi connectivity index (χ0v) is 16.4. The molecule has 142 valence electrons. The normalized spacial score (nSPS) is 24.4. The lowest BCUT2D eigenvalue weighted by molar-refractivity contribution is -0.0768. The molecule has 1 aromatic carbocycles. The molecule has 0 spiro atoms. The van der Waals surface area contributed by atoms with Gasteiger partial charge in [0.25, 0.3) is 0 Å². The van der Waals surface area contributed by atoms with Gasteiger partial charge in [-0.25, -0.2) is 4.98 Å². The zero-order chi connectivity index (χ0) is 18.7. The largest absolute Gasteiger partial charge is 0.489 e. The van der Waals surface area contributed by atoms with Crippen LogP contribution in [-0.4, -0.2) is 37.0 Å². The second-order valence-electron chi connectivity index (χ2n) is 6.92. The Labute approximate surface area is 159 Å². The van der Waals surface area contributed by atoms with Crippen LogP contribution in [-0.2, 0) is 4.74 Å². The molecule has 1 unspecified atom stereocenters. The topological polar surface area (TPSA) is 66.6 Å². The monoisotopic (exact) mass is 378 g/mol. The summed E-state index contributed by atoms with van der Waals surface area (Å²) in [5, 5.41) is 2.44. The number of aromatic nitrogens is 1. The molecule has 1 heterocycles. The van der Waals surface area contributed by atoms with Crippen LogP contribution >= 0.6 is 11.6 Å². The first-order valence-electron chi connectivity index (χ1n) is 9.12. The highest BCUT2D eigenvalue weighted by Gasteiger charge is 2.40. The molecule has 0 amide bonds. The summed E-state index contributed by atoms with van der Waals surface area (Å²) in [5.74, 6) is 1.26. The minimum absolute atomic E-state index is 0.0534. The van der Waals surface area contributed by atoms with Crippen LogP contribution < -0.4 is 15.2 Å². The number of hydrogen-bond acceptors (Lipinski definition) is 5. The van der Waals surface area contributed by atoms with Gasteiger partial charge in [-0.05, 0) is 55.7 Å². The minimum atomic E-state index is -0.235. The first kappa shape index (κ1) is 19.2. The number of halogens is 1. The first-order chi connectivity index (χ1) is 12.5. The molecule has 1 fully saturated rings. The van der Waals surface area contributed by atoms with E-state index >= 15 is 0 Å². The van der Waals surface area contributed by atoms with Crippen molar-refractivity contribution in [3.63, 3.8) is 0 Å². The van der Waals surface area contributed by atoms with E-state index in [0.29, 0.717) is 16.7 Å². The molecular formula is C20H27ClN2O3. The third kappa shape index (κ3) is 3.61. The second-order valence-corrected chi connectivity index (χ2v) is 7.33. The van der Waals surface area contributed by atoms with Gasteiger partial charge in [0.05, 0.1) is 23.8 Å². The molecule has 1 aliphatic carbocycles. The van der Waals surface area contributed by atoms with Crippen LogP contribution in [0.5, 0.6) is 11.6 Å². The molecule has 0 saturated heterocycles. The molecular weight excluding hydrogens is 352 g/mol. The van der Waals surface area contributed by atoms with Gasteiger partial charge in [0.15, 0.2) is 0 Å². The number of nitrogens with two attached hydrogens (primary N) is 1. The van der Waals surface area contributed by atoms with Crippen molar-refractivity contribution in [3.05, 3.63) is 29.4 Å². The number of pyridine rings is 1. The van der Waals surface area contributed by atoms with Crippen molar-refractivity contribution < 1.29 is 14.2 Å². The summed E-state index contributed by atoms with van der Waals surface area (Å²) in [6.45, 7) is 2.10. The Morgan fingerprint density at radius 1 is 1.31 bits per heavy atom. The molecule has 2 aromatic rings. The van der Waals surface area contributed by atoms with Crippen molar-refractivity contribution in [1.82, 2.24) is 4.98 Å². The summed E-state index contributed by atoms with van der Waals surface area (Å²) in [6, 6.07) is 5.79. The number of rotatable bonds is 6. The van der Waals surface area contributed by atoms with Gasteiger partial charge in [-0.1, -0.05) is 18.5 Å². The summed E-state index contributed by atoms with van der Waals surface area (Å²) in [6.07, 6.45) is 6.33. The SMILES string of the molecule is CCC(N)[C@]1(OC)CC[C@@H](Oc2cc3ccnc(OC)c3cc2Cl)CC1. The van der Waals surface area contributed by atoms with Crippen LogP contribution in [0.2, 0.25) is 5.02 Å². The fourth-order valence-electron chi connectivity index (χ4n) is 3.88. The molecule has 1 aliphatic rings. The van der Waals surface area contributed by atoms with E-state index in [-0.39, 0.29) is 17.7 Å². The van der Waals surface area contributed by atoms with E-state index in [1.54, 1.807) is 20.4 Å². The Hall–Kier alpha value is -1.56. The average molecular weight is 379 g/mol. The molecule has 5 nitrogen and oxygen atoms in total. The van der Waals surface area contributed by atoms with Crippen molar-refractivity contribution in [3.8, 4) is 11.6 Å². The van der Waals surface area contributed by atoms with Crippen molar-refractivity contribution in [2.75, 3.05) is 14.2 Å². The Morgan fingerprint density at radius 2 is 2.04 bits per heavy atom. The molecule has 1 atom stereocenters. The number of ether oxygens (including phenoxy) is 3. The maximum atomic E-state index is 6.45. The summed E-state index contributed by atoms with van der Waals surface area (Å²) < 4.78 is 17.3. The molecule has 26 heavy (non-hydrogen) atoms. The van der Waals surface area contributed by atoms with Gasteiger partial charge in [0.1, 0.15) is 5.75 Å². The maximum Gasteiger partial charge on any atom is 0.221 e. The fourth-order valence-corrected chi connectivity index (χ4v) is 4.08. The van der Waals surface area contributed by atoms with Crippen molar-refractivity contribution >= 4 is 22.4 Å². The predicted molar refractivity (Wildman–Crippen MR) is 104 cm³/mol. The molecule has 1 aromatic heterocycles. The molecule has 0 aliphatic heterocycles. The van der Waals surface area contributed by atoms with Crippen LogP contribution in [0.1, 0.15) is 39.0 Å². The predicted octanol–water partition coefficient (Wildman–Crippen LogP) is 4.34. The van der Waals surface area contributed by atoms with Crippen LogP contribution in [0, 0.1) is 0 Å². The Morgan fingerprint density at radius 3 is 2.65 bits per heavy atom. The zero-order valence-electron chi connectivity index (χ0n) is 15.6. The highest BCUT2D eigenvalue weighted by molar-refractivity contribution is 6.33. The van der Waals surface area contributed by atoms with Gasteiger partial charge in [-0.3, -0.25) is 0 Å². The molecule has 0 bridgehead atoms. The summed E-state index contributed by atoms with van der Waals surface area (Å²) in [5.41, 5.74) is 6.06. The second kappa shape index (κ2) is 7.99. The molecule has 2 N–H and O–H groups in total. The average Bonchev–Trinajstić information content (AvgIpc) is 2.68.